The van der Waals surface area contributed by atoms with Gasteiger partial charge in [-0.3, -0.25) is 0 Å². The Morgan fingerprint density at radius 3 is 1.78 bits per heavy atom. The number of phenolic OH excluding ortho intramolecular Hbond substituents is 1. The molecule has 240 valence electrons. The van der Waals surface area contributed by atoms with Crippen LogP contribution in [0.15, 0.2) is 60.7 Å². The van der Waals surface area contributed by atoms with Crippen molar-refractivity contribution >= 4 is 11.7 Å². The second-order valence-electron chi connectivity index (χ2n) is 17.8. The molecule has 8 aliphatic carbocycles. The van der Waals surface area contributed by atoms with Crippen LogP contribution in [0, 0.1) is 28.6 Å². The quantitative estimate of drug-likeness (QED) is 0.189. The fraction of sp³-hybridized carbons (Fsp3) is 0.537. The molecule has 46 heavy (non-hydrogen) atoms. The lowest BCUT2D eigenvalue weighted by atomic mass is 9.39. The van der Waals surface area contributed by atoms with Gasteiger partial charge in [-0.1, -0.05) is 38.1 Å². The molecule has 0 aliphatic heterocycles. The zero-order valence-electron chi connectivity index (χ0n) is 27.3. The van der Waals surface area contributed by atoms with E-state index in [-0.39, 0.29) is 22.0 Å². The lowest BCUT2D eigenvalue weighted by Crippen LogP contribution is -2.56. The van der Waals surface area contributed by atoms with Crippen molar-refractivity contribution in [3.8, 4) is 17.2 Å². The Labute approximate surface area is 272 Å². The van der Waals surface area contributed by atoms with E-state index in [9.17, 15) is 15.0 Å². The van der Waals surface area contributed by atoms with Crippen molar-refractivity contribution in [3.05, 3.63) is 82.9 Å². The third kappa shape index (κ3) is 4.22. The Morgan fingerprint density at radius 1 is 0.696 bits per heavy atom. The largest absolute Gasteiger partial charge is 0.505 e. The lowest BCUT2D eigenvalue weighted by molar-refractivity contribution is -0.110. The standard InChI is InChI=1S/C41H47NO4/c1-37-14-27-15-38(2,21-37)23-41(20-27,22-37)34-33(12-11-32(42)35(34)43)46-31-9-7-30(8-10-31)40-18-25-13-26(19-40)17-39(16-25,24-40)29-5-3-28(4-6-29)36(44)45/h3-12,25-27,43H,13-24,42H2,1-2H3,(H,44,45). The van der Waals surface area contributed by atoms with E-state index in [4.69, 9.17) is 10.5 Å². The number of aromatic carboxylic acids is 1. The summed E-state index contributed by atoms with van der Waals surface area (Å²) in [6.07, 6.45) is 14.5. The molecule has 8 aliphatic rings. The van der Waals surface area contributed by atoms with Gasteiger partial charge in [0.1, 0.15) is 17.2 Å². The van der Waals surface area contributed by atoms with Crippen LogP contribution in [0.25, 0.3) is 0 Å². The number of nitrogen functional groups attached to an aromatic ring is 1. The predicted octanol–water partition coefficient (Wildman–Crippen LogP) is 9.50. The highest BCUT2D eigenvalue weighted by Crippen LogP contribution is 2.72. The van der Waals surface area contributed by atoms with Gasteiger partial charge in [-0.25, -0.2) is 4.79 Å². The molecule has 4 unspecified atom stereocenters. The third-order valence-electron chi connectivity index (χ3n) is 13.8. The van der Waals surface area contributed by atoms with Crippen LogP contribution in [0.4, 0.5) is 5.69 Å². The first kappa shape index (κ1) is 28.7. The first-order valence-electron chi connectivity index (χ1n) is 17.6. The smallest absolute Gasteiger partial charge is 0.335 e. The van der Waals surface area contributed by atoms with Gasteiger partial charge in [0.2, 0.25) is 0 Å². The highest BCUT2D eigenvalue weighted by atomic mass is 16.5. The van der Waals surface area contributed by atoms with Gasteiger partial charge in [0, 0.05) is 11.0 Å². The van der Waals surface area contributed by atoms with Crippen LogP contribution in [0.3, 0.4) is 0 Å². The van der Waals surface area contributed by atoms with Crippen LogP contribution < -0.4 is 10.5 Å². The molecule has 0 spiro atoms. The van der Waals surface area contributed by atoms with Crippen LogP contribution in [0.1, 0.15) is 118 Å². The predicted molar refractivity (Wildman–Crippen MR) is 180 cm³/mol. The molecule has 8 saturated carbocycles. The molecule has 0 saturated heterocycles. The molecule has 0 amide bonds. The first-order valence-corrected chi connectivity index (χ1v) is 17.6. The second-order valence-corrected chi connectivity index (χ2v) is 17.8. The normalized spacial score (nSPS) is 39.9. The van der Waals surface area contributed by atoms with Crippen LogP contribution in [-0.4, -0.2) is 16.2 Å². The summed E-state index contributed by atoms with van der Waals surface area (Å²) in [6, 6.07) is 20.4. The molecule has 8 bridgehead atoms. The summed E-state index contributed by atoms with van der Waals surface area (Å²) in [4.78, 5) is 11.5. The van der Waals surface area contributed by atoms with Gasteiger partial charge < -0.3 is 20.7 Å². The van der Waals surface area contributed by atoms with Gasteiger partial charge >= 0.3 is 5.97 Å². The Hall–Kier alpha value is -3.47. The minimum absolute atomic E-state index is 0.103. The Morgan fingerprint density at radius 2 is 1.24 bits per heavy atom. The average Bonchev–Trinajstić information content (AvgIpc) is 2.97. The minimum Gasteiger partial charge on any atom is -0.505 e. The zero-order chi connectivity index (χ0) is 31.7. The molecule has 4 atom stereocenters. The number of hydrogen-bond donors (Lipinski definition) is 3. The maximum atomic E-state index is 11.6. The van der Waals surface area contributed by atoms with Gasteiger partial charge in [0.25, 0.3) is 0 Å². The molecule has 5 heteroatoms. The van der Waals surface area contributed by atoms with E-state index in [0.29, 0.717) is 39.8 Å². The van der Waals surface area contributed by atoms with Gasteiger partial charge in [0.05, 0.1) is 11.3 Å². The van der Waals surface area contributed by atoms with Gasteiger partial charge in [-0.2, -0.15) is 0 Å². The SMILES string of the molecule is CC12CC3CC(C)(C1)CC(c1c(Oc4ccc(C56CC7CC(C5)CC(c5ccc(C(=O)O)cc5)(C7)C6)cc4)ccc(N)c1O)(C3)C2. The number of carboxylic acids is 1. The highest BCUT2D eigenvalue weighted by molar-refractivity contribution is 5.87. The molecule has 3 aromatic carbocycles. The molecule has 5 nitrogen and oxygen atoms in total. The van der Waals surface area contributed by atoms with Crippen LogP contribution in [0.5, 0.6) is 17.2 Å². The number of carboxylic acid groups (broad SMARTS) is 1. The number of nitrogens with two attached hydrogens (primary N) is 1. The number of aromatic hydroxyl groups is 1. The first-order chi connectivity index (χ1) is 21.9. The van der Waals surface area contributed by atoms with Crippen molar-refractivity contribution < 1.29 is 19.7 Å². The number of rotatable bonds is 6. The fourth-order valence-corrected chi connectivity index (χ4v) is 13.8. The maximum absolute atomic E-state index is 11.6. The molecule has 0 aromatic heterocycles. The van der Waals surface area contributed by atoms with Crippen molar-refractivity contribution in [3.63, 3.8) is 0 Å². The molecular weight excluding hydrogens is 570 g/mol. The lowest BCUT2D eigenvalue weighted by Gasteiger charge is -2.65. The average molecular weight is 618 g/mol. The minimum atomic E-state index is -0.862. The molecule has 11 rings (SSSR count). The van der Waals surface area contributed by atoms with Crippen LogP contribution >= 0.6 is 0 Å². The number of hydrogen-bond acceptors (Lipinski definition) is 4. The van der Waals surface area contributed by atoms with E-state index in [2.05, 4.69) is 50.2 Å². The summed E-state index contributed by atoms with van der Waals surface area (Å²) in [5.41, 5.74) is 11.6. The summed E-state index contributed by atoms with van der Waals surface area (Å²) in [7, 11) is 0. The fourth-order valence-electron chi connectivity index (χ4n) is 13.8. The van der Waals surface area contributed by atoms with Crippen molar-refractivity contribution in [2.24, 2.45) is 28.6 Å². The molecule has 0 heterocycles. The van der Waals surface area contributed by atoms with E-state index in [1.807, 2.05) is 6.07 Å². The van der Waals surface area contributed by atoms with Crippen molar-refractivity contribution in [1.29, 1.82) is 0 Å². The third-order valence-corrected chi connectivity index (χ3v) is 13.8. The zero-order valence-corrected chi connectivity index (χ0v) is 27.3. The van der Waals surface area contributed by atoms with Crippen molar-refractivity contribution in [1.82, 2.24) is 0 Å². The number of carbonyl (C=O) groups is 1. The number of anilines is 1. The topological polar surface area (TPSA) is 92.8 Å². The van der Waals surface area contributed by atoms with E-state index >= 15 is 0 Å². The number of ether oxygens (including phenoxy) is 1. The van der Waals surface area contributed by atoms with Crippen LogP contribution in [0.2, 0.25) is 0 Å². The second kappa shape index (κ2) is 9.33. The molecule has 0 radical (unpaired) electrons. The Kier molecular flexibility index (Phi) is 5.82. The summed E-state index contributed by atoms with van der Waals surface area (Å²) in [6.45, 7) is 4.93. The van der Waals surface area contributed by atoms with Gasteiger partial charge in [-0.05, 0) is 164 Å². The van der Waals surface area contributed by atoms with E-state index in [1.165, 1.54) is 62.5 Å². The highest BCUT2D eigenvalue weighted by Gasteiger charge is 2.62. The van der Waals surface area contributed by atoms with E-state index in [0.717, 1.165) is 42.7 Å². The summed E-state index contributed by atoms with van der Waals surface area (Å²) in [5.74, 6) is 3.03. The van der Waals surface area contributed by atoms with Gasteiger partial charge in [-0.15, -0.1) is 0 Å². The molecule has 3 aromatic rings. The molecule has 4 N–H and O–H groups in total. The van der Waals surface area contributed by atoms with E-state index in [1.54, 1.807) is 18.2 Å². The molecular formula is C41H47NO4. The van der Waals surface area contributed by atoms with Crippen LogP contribution in [-0.2, 0) is 16.2 Å². The maximum Gasteiger partial charge on any atom is 0.335 e. The number of benzene rings is 3. The monoisotopic (exact) mass is 617 g/mol. The van der Waals surface area contributed by atoms with Crippen molar-refractivity contribution in [2.75, 3.05) is 5.73 Å². The summed E-state index contributed by atoms with van der Waals surface area (Å²) in [5, 5.41) is 21.0. The molecule has 8 fully saturated rings. The Balaban J connectivity index is 1.03. The Bertz CT molecular complexity index is 1710. The van der Waals surface area contributed by atoms with Crippen molar-refractivity contribution in [2.45, 2.75) is 107 Å². The van der Waals surface area contributed by atoms with Gasteiger partial charge in [0.15, 0.2) is 0 Å². The summed E-state index contributed by atoms with van der Waals surface area (Å²) >= 11 is 0. The number of phenols is 1. The van der Waals surface area contributed by atoms with E-state index < -0.39 is 5.97 Å². The summed E-state index contributed by atoms with van der Waals surface area (Å²) < 4.78 is 6.73.